The Balaban J connectivity index is 1.53. The number of rotatable bonds is 3. The summed E-state index contributed by atoms with van der Waals surface area (Å²) in [6.45, 7) is 2.55. The number of nitrogens with one attached hydrogen (secondary N) is 2. The van der Waals surface area contributed by atoms with Crippen molar-refractivity contribution >= 4 is 22.8 Å². The van der Waals surface area contributed by atoms with E-state index in [-0.39, 0.29) is 11.2 Å². The van der Waals surface area contributed by atoms with Crippen molar-refractivity contribution in [1.29, 1.82) is 0 Å². The zero-order valence-corrected chi connectivity index (χ0v) is 12.1. The highest BCUT2D eigenvalue weighted by Crippen LogP contribution is 2.30. The Morgan fingerprint density at radius 1 is 1.26 bits per heavy atom. The van der Waals surface area contributed by atoms with Crippen LogP contribution in [0.4, 0.5) is 0 Å². The molecule has 0 bridgehead atoms. The lowest BCUT2D eigenvalue weighted by molar-refractivity contribution is -0.465. The summed E-state index contributed by atoms with van der Waals surface area (Å²) in [5.74, 6) is 1.33. The van der Waals surface area contributed by atoms with Crippen LogP contribution in [0.5, 0.6) is 0 Å². The predicted molar refractivity (Wildman–Crippen MR) is 75.9 cm³/mol. The van der Waals surface area contributed by atoms with Gasteiger partial charge in [-0.15, -0.1) is 0 Å². The van der Waals surface area contributed by atoms with Gasteiger partial charge in [-0.2, -0.15) is 0 Å². The van der Waals surface area contributed by atoms with E-state index in [1.165, 1.54) is 32.1 Å². The van der Waals surface area contributed by atoms with Crippen molar-refractivity contribution in [3.63, 3.8) is 0 Å². The first kappa shape index (κ1) is 13.4. The second-order valence-corrected chi connectivity index (χ2v) is 7.02. The highest BCUT2D eigenvalue weighted by Gasteiger charge is 2.43. The molecule has 106 valence electrons. The van der Waals surface area contributed by atoms with E-state index in [1.807, 2.05) is 0 Å². The molecular formula is C14H23N2O2S+. The Bertz CT molecular complexity index is 360. The second-order valence-electron chi connectivity index (χ2n) is 5.87. The van der Waals surface area contributed by atoms with Gasteiger partial charge in [-0.05, 0) is 36.9 Å². The fraction of sp³-hybridized carbons (Fsp3) is 0.857. The monoisotopic (exact) mass is 283 g/mol. The van der Waals surface area contributed by atoms with E-state index in [4.69, 9.17) is 4.74 Å². The Hall–Kier alpha value is -0.550. The van der Waals surface area contributed by atoms with Crippen molar-refractivity contribution in [1.82, 2.24) is 5.32 Å². The van der Waals surface area contributed by atoms with Gasteiger partial charge in [0.25, 0.3) is 0 Å². The first-order valence-corrected chi connectivity index (χ1v) is 8.37. The number of hydrogen-bond donors (Lipinski definition) is 2. The molecule has 2 heterocycles. The topological polar surface area (TPSA) is 52.3 Å². The molecule has 19 heavy (non-hydrogen) atoms. The summed E-state index contributed by atoms with van der Waals surface area (Å²) in [5, 5.41) is 4.01. The molecule has 2 atom stereocenters. The summed E-state index contributed by atoms with van der Waals surface area (Å²) in [5.41, 5.74) is 0. The molecule has 1 unspecified atom stereocenters. The maximum absolute atomic E-state index is 12.0. The Morgan fingerprint density at radius 2 is 2.11 bits per heavy atom. The molecule has 2 saturated heterocycles. The third kappa shape index (κ3) is 3.31. The number of hydrogen-bond acceptors (Lipinski definition) is 3. The van der Waals surface area contributed by atoms with E-state index in [9.17, 15) is 4.79 Å². The molecule has 0 aromatic rings. The minimum absolute atomic E-state index is 0.0522. The molecule has 1 amide bonds. The van der Waals surface area contributed by atoms with Crippen LogP contribution in [0.15, 0.2) is 0 Å². The summed E-state index contributed by atoms with van der Waals surface area (Å²) in [6, 6.07) is 0. The fourth-order valence-electron chi connectivity index (χ4n) is 3.21. The number of amidine groups is 1. The molecule has 2 aliphatic heterocycles. The van der Waals surface area contributed by atoms with Crippen molar-refractivity contribution in [3.05, 3.63) is 0 Å². The molecule has 5 heteroatoms. The molecule has 2 N–H and O–H groups in total. The van der Waals surface area contributed by atoms with Crippen molar-refractivity contribution in [2.45, 2.75) is 43.8 Å². The third-order valence-corrected chi connectivity index (χ3v) is 5.74. The van der Waals surface area contributed by atoms with E-state index in [0.29, 0.717) is 5.92 Å². The molecule has 1 aliphatic carbocycles. The molecule has 3 fully saturated rings. The van der Waals surface area contributed by atoms with Crippen LogP contribution in [0.25, 0.3) is 0 Å². The molecule has 1 saturated carbocycles. The molecule has 3 rings (SSSR count). The first-order valence-electron chi connectivity index (χ1n) is 7.49. The summed E-state index contributed by atoms with van der Waals surface area (Å²) >= 11 is 1.67. The van der Waals surface area contributed by atoms with E-state index < -0.39 is 0 Å². The van der Waals surface area contributed by atoms with E-state index in [2.05, 4.69) is 10.3 Å². The van der Waals surface area contributed by atoms with Crippen LogP contribution in [-0.4, -0.2) is 36.1 Å². The van der Waals surface area contributed by atoms with Crippen molar-refractivity contribution in [2.24, 2.45) is 11.8 Å². The third-order valence-electron chi connectivity index (χ3n) is 4.41. The SMILES string of the molecule is O=C1NC(=[NH+]CC2CCCCC2)SC1[C@@H]1CCOC1. The average Bonchev–Trinajstić information content (AvgIpc) is 3.07. The van der Waals surface area contributed by atoms with E-state index >= 15 is 0 Å². The maximum atomic E-state index is 12.0. The largest absolute Gasteiger partial charge is 0.381 e. The minimum Gasteiger partial charge on any atom is -0.381 e. The van der Waals surface area contributed by atoms with Gasteiger partial charge in [0, 0.05) is 12.5 Å². The first-order chi connectivity index (χ1) is 9.33. The molecule has 3 aliphatic rings. The number of carbonyl (C=O) groups is 1. The second kappa shape index (κ2) is 6.27. The number of thioether (sulfide) groups is 1. The van der Waals surface area contributed by atoms with Gasteiger partial charge in [-0.25, -0.2) is 10.1 Å². The predicted octanol–water partition coefficient (Wildman–Crippen LogP) is 0.271. The number of amides is 1. The Morgan fingerprint density at radius 3 is 2.84 bits per heavy atom. The quantitative estimate of drug-likeness (QED) is 0.782. The fourth-order valence-corrected chi connectivity index (χ4v) is 4.36. The molecule has 0 radical (unpaired) electrons. The number of ether oxygens (including phenoxy) is 1. The summed E-state index contributed by atoms with van der Waals surface area (Å²) in [6.07, 6.45) is 7.80. The van der Waals surface area contributed by atoms with Crippen LogP contribution in [0.1, 0.15) is 38.5 Å². The maximum Gasteiger partial charge on any atom is 0.321 e. The van der Waals surface area contributed by atoms with Crippen LogP contribution >= 0.6 is 11.8 Å². The summed E-state index contributed by atoms with van der Waals surface area (Å²) < 4.78 is 5.39. The van der Waals surface area contributed by atoms with Crippen LogP contribution in [0.2, 0.25) is 0 Å². The number of carbonyl (C=O) groups excluding carboxylic acids is 1. The van der Waals surface area contributed by atoms with Crippen LogP contribution < -0.4 is 10.3 Å². The highest BCUT2D eigenvalue weighted by molar-refractivity contribution is 8.15. The van der Waals surface area contributed by atoms with Crippen molar-refractivity contribution < 1.29 is 14.5 Å². The van der Waals surface area contributed by atoms with Gasteiger partial charge in [0.2, 0.25) is 0 Å². The lowest BCUT2D eigenvalue weighted by atomic mass is 9.89. The van der Waals surface area contributed by atoms with E-state index in [0.717, 1.165) is 37.3 Å². The van der Waals surface area contributed by atoms with Crippen molar-refractivity contribution in [3.8, 4) is 0 Å². The molecular weight excluding hydrogens is 260 g/mol. The molecule has 0 aromatic carbocycles. The van der Waals surface area contributed by atoms with Gasteiger partial charge in [-0.1, -0.05) is 19.3 Å². The van der Waals surface area contributed by atoms with Crippen LogP contribution in [0.3, 0.4) is 0 Å². The molecule has 0 aromatic heterocycles. The summed E-state index contributed by atoms with van der Waals surface area (Å²) in [7, 11) is 0. The van der Waals surface area contributed by atoms with Gasteiger partial charge < -0.3 is 4.74 Å². The van der Waals surface area contributed by atoms with Crippen LogP contribution in [-0.2, 0) is 9.53 Å². The summed E-state index contributed by atoms with van der Waals surface area (Å²) in [4.78, 5) is 15.4. The van der Waals surface area contributed by atoms with Crippen molar-refractivity contribution in [2.75, 3.05) is 19.8 Å². The standard InChI is InChI=1S/C14H22N2O2S/c17-13-12(11-6-7-18-9-11)19-14(16-13)15-8-10-4-2-1-3-5-10/h10-12H,1-9H2,(H,15,16,17)/p+1/t11-,12?/m1/s1. The zero-order valence-electron chi connectivity index (χ0n) is 11.3. The Labute approximate surface area is 118 Å². The zero-order chi connectivity index (χ0) is 13.1. The highest BCUT2D eigenvalue weighted by atomic mass is 32.2. The van der Waals surface area contributed by atoms with Gasteiger partial charge >= 0.3 is 11.1 Å². The van der Waals surface area contributed by atoms with E-state index in [1.54, 1.807) is 11.8 Å². The van der Waals surface area contributed by atoms with Gasteiger partial charge in [0.05, 0.1) is 13.2 Å². The molecule has 4 nitrogen and oxygen atoms in total. The van der Waals surface area contributed by atoms with Gasteiger partial charge in [-0.3, -0.25) is 4.99 Å². The smallest absolute Gasteiger partial charge is 0.321 e. The molecule has 0 spiro atoms. The Kier molecular flexibility index (Phi) is 4.43. The average molecular weight is 283 g/mol. The van der Waals surface area contributed by atoms with Crippen LogP contribution in [0, 0.1) is 11.8 Å². The normalized spacial score (nSPS) is 34.9. The van der Waals surface area contributed by atoms with Gasteiger partial charge in [0.15, 0.2) is 0 Å². The minimum atomic E-state index is 0.0522. The lowest BCUT2D eigenvalue weighted by Gasteiger charge is -2.18. The lowest BCUT2D eigenvalue weighted by Crippen LogP contribution is -2.76. The van der Waals surface area contributed by atoms with Gasteiger partial charge in [0.1, 0.15) is 5.25 Å².